The quantitative estimate of drug-likeness (QED) is 0.685. The van der Waals surface area contributed by atoms with Gasteiger partial charge in [0.25, 0.3) is 5.91 Å². The molecule has 3 rings (SSSR count). The van der Waals surface area contributed by atoms with Crippen LogP contribution in [0.1, 0.15) is 64.3 Å². The van der Waals surface area contributed by atoms with Gasteiger partial charge in [-0.2, -0.15) is 0 Å². The summed E-state index contributed by atoms with van der Waals surface area (Å²) >= 11 is 1.64. The highest BCUT2D eigenvalue weighted by molar-refractivity contribution is 7.18. The van der Waals surface area contributed by atoms with Crippen LogP contribution < -0.4 is 5.32 Å². The summed E-state index contributed by atoms with van der Waals surface area (Å²) in [6.07, 6.45) is 6.15. The van der Waals surface area contributed by atoms with Crippen LogP contribution in [0.15, 0.2) is 24.3 Å². The predicted molar refractivity (Wildman–Crippen MR) is 112 cm³/mol. The van der Waals surface area contributed by atoms with E-state index in [9.17, 15) is 9.59 Å². The second kappa shape index (κ2) is 8.60. The Morgan fingerprint density at radius 3 is 2.61 bits per heavy atom. The number of fused-ring (bicyclic) bond motifs is 1. The van der Waals surface area contributed by atoms with Gasteiger partial charge in [-0.05, 0) is 45.2 Å². The zero-order chi connectivity index (χ0) is 20.2. The first-order valence-electron chi connectivity index (χ1n) is 10.2. The Balaban J connectivity index is 1.69. The van der Waals surface area contributed by atoms with E-state index in [1.54, 1.807) is 11.3 Å². The fourth-order valence-corrected chi connectivity index (χ4v) is 4.86. The molecule has 0 aliphatic heterocycles. The second-order valence-electron chi connectivity index (χ2n) is 8.45. The van der Waals surface area contributed by atoms with Crippen LogP contribution in [0.2, 0.25) is 0 Å². The molecule has 6 heteroatoms. The van der Waals surface area contributed by atoms with Crippen molar-refractivity contribution in [3.8, 4) is 0 Å². The molecule has 0 bridgehead atoms. The van der Waals surface area contributed by atoms with Crippen LogP contribution in [0.25, 0.3) is 10.2 Å². The molecule has 1 heterocycles. The number of amides is 1. The number of rotatable bonds is 7. The maximum atomic E-state index is 13.1. The van der Waals surface area contributed by atoms with Gasteiger partial charge in [-0.3, -0.25) is 9.59 Å². The third kappa shape index (κ3) is 4.90. The van der Waals surface area contributed by atoms with Crippen molar-refractivity contribution >= 4 is 33.4 Å². The van der Waals surface area contributed by atoms with E-state index in [0.717, 1.165) is 53.7 Å². The molecule has 0 unspecified atom stereocenters. The number of benzene rings is 1. The van der Waals surface area contributed by atoms with Crippen LogP contribution in [0.4, 0.5) is 0 Å². The molecule has 1 fully saturated rings. The van der Waals surface area contributed by atoms with Gasteiger partial charge >= 0.3 is 5.97 Å². The van der Waals surface area contributed by atoms with Crippen LogP contribution in [0.5, 0.6) is 0 Å². The minimum atomic E-state index is -0.563. The van der Waals surface area contributed by atoms with Gasteiger partial charge in [-0.25, -0.2) is 4.98 Å². The lowest BCUT2D eigenvalue weighted by Gasteiger charge is -2.34. The molecule has 1 N–H and O–H groups in total. The number of aromatic nitrogens is 1. The van der Waals surface area contributed by atoms with Crippen molar-refractivity contribution in [2.45, 2.75) is 71.3 Å². The molecule has 0 saturated heterocycles. The maximum absolute atomic E-state index is 13.1. The van der Waals surface area contributed by atoms with Gasteiger partial charge in [-0.15, -0.1) is 11.3 Å². The van der Waals surface area contributed by atoms with Gasteiger partial charge in [0.05, 0.1) is 20.6 Å². The number of esters is 1. The van der Waals surface area contributed by atoms with Crippen LogP contribution in [-0.4, -0.2) is 29.0 Å². The van der Waals surface area contributed by atoms with E-state index in [2.05, 4.69) is 11.4 Å². The number of nitrogens with one attached hydrogen (secondary N) is 1. The van der Waals surface area contributed by atoms with E-state index in [1.807, 2.05) is 39.0 Å². The Morgan fingerprint density at radius 1 is 1.21 bits per heavy atom. The van der Waals surface area contributed by atoms with Crippen molar-refractivity contribution in [1.29, 1.82) is 0 Å². The average molecular weight is 403 g/mol. The van der Waals surface area contributed by atoms with Gasteiger partial charge in [0, 0.05) is 12.0 Å². The molecule has 28 heavy (non-hydrogen) atoms. The molecule has 5 nitrogen and oxygen atoms in total. The molecular weight excluding hydrogens is 372 g/mol. The molecule has 1 aliphatic rings. The van der Waals surface area contributed by atoms with Crippen molar-refractivity contribution in [2.24, 2.45) is 5.41 Å². The Labute approximate surface area is 170 Å². The lowest BCUT2D eigenvalue weighted by molar-refractivity contribution is -0.161. The number of carbonyl (C=O) groups excluding carboxylic acids is 2. The maximum Gasteiger partial charge on any atom is 0.313 e. The first-order valence-corrected chi connectivity index (χ1v) is 11.0. The van der Waals surface area contributed by atoms with E-state index >= 15 is 0 Å². The van der Waals surface area contributed by atoms with Gasteiger partial charge in [0.15, 0.2) is 6.61 Å². The van der Waals surface area contributed by atoms with Crippen molar-refractivity contribution in [1.82, 2.24) is 10.3 Å². The number of ether oxygens (including phenoxy) is 1. The fourth-order valence-electron chi connectivity index (χ4n) is 3.75. The van der Waals surface area contributed by atoms with Gasteiger partial charge in [0.2, 0.25) is 0 Å². The van der Waals surface area contributed by atoms with Crippen molar-refractivity contribution in [2.75, 3.05) is 6.61 Å². The second-order valence-corrected chi connectivity index (χ2v) is 9.57. The monoisotopic (exact) mass is 402 g/mol. The van der Waals surface area contributed by atoms with E-state index in [-0.39, 0.29) is 24.0 Å². The summed E-state index contributed by atoms with van der Waals surface area (Å²) in [6.45, 7) is 5.72. The van der Waals surface area contributed by atoms with Gasteiger partial charge in [0.1, 0.15) is 0 Å². The molecule has 1 aromatic carbocycles. The summed E-state index contributed by atoms with van der Waals surface area (Å²) in [4.78, 5) is 30.0. The summed E-state index contributed by atoms with van der Waals surface area (Å²) in [7, 11) is 0. The first kappa shape index (κ1) is 20.8. The van der Waals surface area contributed by atoms with Crippen LogP contribution in [0.3, 0.4) is 0 Å². The Bertz CT molecular complexity index is 804. The van der Waals surface area contributed by atoms with Crippen LogP contribution in [0, 0.1) is 5.41 Å². The summed E-state index contributed by atoms with van der Waals surface area (Å²) in [5, 5.41) is 3.89. The number of carbonyl (C=O) groups is 2. The smallest absolute Gasteiger partial charge is 0.313 e. The molecule has 1 amide bonds. The zero-order valence-corrected chi connectivity index (χ0v) is 17.9. The highest BCUT2D eigenvalue weighted by Crippen LogP contribution is 2.41. The third-order valence-electron chi connectivity index (χ3n) is 5.77. The summed E-state index contributed by atoms with van der Waals surface area (Å²) in [6, 6.07) is 8.04. The summed E-state index contributed by atoms with van der Waals surface area (Å²) in [5.41, 5.74) is 0.114. The highest BCUT2D eigenvalue weighted by Gasteiger charge is 2.42. The molecular formula is C22H30N2O3S. The van der Waals surface area contributed by atoms with Crippen molar-refractivity contribution < 1.29 is 14.3 Å². The Kier molecular flexibility index (Phi) is 6.38. The first-order chi connectivity index (χ1) is 13.3. The molecule has 152 valence electrons. The lowest BCUT2D eigenvalue weighted by Crippen LogP contribution is -2.46. The minimum absolute atomic E-state index is 0.218. The van der Waals surface area contributed by atoms with Crippen molar-refractivity contribution in [3.63, 3.8) is 0 Å². The number of thiazole rings is 1. The van der Waals surface area contributed by atoms with E-state index in [0.29, 0.717) is 6.42 Å². The number of hydrogen-bond acceptors (Lipinski definition) is 5. The predicted octanol–water partition coefficient (Wildman–Crippen LogP) is 4.64. The minimum Gasteiger partial charge on any atom is -0.455 e. The third-order valence-corrected chi connectivity index (χ3v) is 6.80. The largest absolute Gasteiger partial charge is 0.455 e. The molecule has 0 spiro atoms. The van der Waals surface area contributed by atoms with Gasteiger partial charge < -0.3 is 10.1 Å². The van der Waals surface area contributed by atoms with Crippen LogP contribution in [-0.2, 0) is 20.7 Å². The van der Waals surface area contributed by atoms with E-state index < -0.39 is 5.41 Å². The number of hydrogen-bond donors (Lipinski definition) is 1. The van der Waals surface area contributed by atoms with E-state index in [1.165, 1.54) is 0 Å². The SMILES string of the molecule is CCC(C)(C)NC(=O)COC(=O)C1(Cc2nc3ccccc3s2)CCCCC1. The lowest BCUT2D eigenvalue weighted by atomic mass is 9.72. The van der Waals surface area contributed by atoms with Gasteiger partial charge in [-0.1, -0.05) is 38.3 Å². The standard InChI is InChI=1S/C22H30N2O3S/c1-4-21(2,3)24-18(25)15-27-20(26)22(12-8-5-9-13-22)14-19-23-16-10-6-7-11-17(16)28-19/h6-7,10-11H,4-5,8-9,12-15H2,1-3H3,(H,24,25). The number of para-hydroxylation sites is 1. The molecule has 1 aromatic heterocycles. The molecule has 1 saturated carbocycles. The van der Waals surface area contributed by atoms with Crippen LogP contribution >= 0.6 is 11.3 Å². The molecule has 0 radical (unpaired) electrons. The Hall–Kier alpha value is -1.95. The van der Waals surface area contributed by atoms with E-state index in [4.69, 9.17) is 9.72 Å². The average Bonchev–Trinajstić information content (AvgIpc) is 3.08. The fraction of sp³-hybridized carbons (Fsp3) is 0.591. The van der Waals surface area contributed by atoms with Crippen molar-refractivity contribution in [3.05, 3.63) is 29.3 Å². The zero-order valence-electron chi connectivity index (χ0n) is 17.0. The molecule has 0 atom stereocenters. The topological polar surface area (TPSA) is 68.3 Å². The summed E-state index contributed by atoms with van der Waals surface area (Å²) in [5.74, 6) is -0.498. The summed E-state index contributed by atoms with van der Waals surface area (Å²) < 4.78 is 6.65. The normalized spacial score (nSPS) is 16.7. The Morgan fingerprint density at radius 2 is 1.93 bits per heavy atom. The highest BCUT2D eigenvalue weighted by atomic mass is 32.1. The molecule has 1 aliphatic carbocycles. The number of nitrogens with zero attached hydrogens (tertiary/aromatic N) is 1. The molecule has 2 aromatic rings.